The number of hydrogen-bond acceptors (Lipinski definition) is 6. The third-order valence-electron chi connectivity index (χ3n) is 4.94. The molecule has 4 aromatic rings. The van der Waals surface area contributed by atoms with Gasteiger partial charge in [-0.05, 0) is 43.2 Å². The van der Waals surface area contributed by atoms with Gasteiger partial charge in [0.05, 0.1) is 11.2 Å². The number of aromatic nitrogens is 1. The minimum Gasteiger partial charge on any atom is -0.454 e. The lowest BCUT2D eigenvalue weighted by Crippen LogP contribution is -2.11. The number of hydrogen-bond donors (Lipinski definition) is 2. The molecule has 1 aliphatic heterocycles. The first kappa shape index (κ1) is 16.8. The third-order valence-corrected chi connectivity index (χ3v) is 6.05. The van der Waals surface area contributed by atoms with Crippen LogP contribution in [0.2, 0.25) is 0 Å². The lowest BCUT2D eigenvalue weighted by molar-refractivity contribution is 0.103. The van der Waals surface area contributed by atoms with Gasteiger partial charge in [-0.25, -0.2) is 4.98 Å². The highest BCUT2D eigenvalue weighted by molar-refractivity contribution is 7.21. The third kappa shape index (κ3) is 2.55. The second kappa shape index (κ2) is 6.10. The van der Waals surface area contributed by atoms with Crippen LogP contribution in [0.3, 0.4) is 0 Å². The number of rotatable bonds is 2. The molecule has 0 radical (unpaired) electrons. The van der Waals surface area contributed by atoms with Gasteiger partial charge in [-0.2, -0.15) is 0 Å². The van der Waals surface area contributed by atoms with E-state index in [1.54, 1.807) is 18.2 Å². The van der Waals surface area contributed by atoms with Crippen LogP contribution in [0.25, 0.3) is 21.1 Å². The van der Waals surface area contributed by atoms with E-state index in [1.165, 1.54) is 11.3 Å². The number of nitrogens with one attached hydrogen (secondary N) is 1. The first-order chi connectivity index (χ1) is 13.5. The van der Waals surface area contributed by atoms with Gasteiger partial charge in [0.15, 0.2) is 11.5 Å². The summed E-state index contributed by atoms with van der Waals surface area (Å²) in [6, 6.07) is 11.4. The molecule has 140 valence electrons. The van der Waals surface area contributed by atoms with Gasteiger partial charge in [0, 0.05) is 22.5 Å². The van der Waals surface area contributed by atoms with Gasteiger partial charge >= 0.3 is 0 Å². The predicted octanol–water partition coefficient (Wildman–Crippen LogP) is 4.63. The van der Waals surface area contributed by atoms with Crippen molar-refractivity contribution in [1.82, 2.24) is 4.98 Å². The topological polar surface area (TPSA) is 86.5 Å². The van der Waals surface area contributed by atoms with Gasteiger partial charge in [0.1, 0.15) is 9.71 Å². The van der Waals surface area contributed by atoms with Crippen molar-refractivity contribution in [2.75, 3.05) is 17.8 Å². The van der Waals surface area contributed by atoms with E-state index in [0.717, 1.165) is 32.2 Å². The lowest BCUT2D eigenvalue weighted by atomic mass is 10.0. The van der Waals surface area contributed by atoms with Crippen LogP contribution in [0.4, 0.5) is 11.4 Å². The maximum Gasteiger partial charge on any atom is 0.267 e. The fourth-order valence-electron chi connectivity index (χ4n) is 3.39. The summed E-state index contributed by atoms with van der Waals surface area (Å²) in [5.41, 5.74) is 10.6. The van der Waals surface area contributed by atoms with E-state index in [2.05, 4.69) is 17.4 Å². The van der Waals surface area contributed by atoms with Crippen LogP contribution in [0.1, 0.15) is 20.8 Å². The Bertz CT molecular complexity index is 1280. The van der Waals surface area contributed by atoms with Crippen molar-refractivity contribution in [2.24, 2.45) is 0 Å². The molecule has 2 aromatic carbocycles. The lowest BCUT2D eigenvalue weighted by Gasteiger charge is -2.06. The molecule has 28 heavy (non-hydrogen) atoms. The predicted molar refractivity (Wildman–Crippen MR) is 112 cm³/mol. The summed E-state index contributed by atoms with van der Waals surface area (Å²) in [6.07, 6.45) is 0. The molecule has 2 aromatic heterocycles. The molecule has 0 unspecified atom stereocenters. The Morgan fingerprint density at radius 2 is 1.86 bits per heavy atom. The highest BCUT2D eigenvalue weighted by Crippen LogP contribution is 2.37. The molecule has 5 rings (SSSR count). The zero-order valence-corrected chi connectivity index (χ0v) is 16.1. The molecule has 0 bridgehead atoms. The van der Waals surface area contributed by atoms with Crippen LogP contribution >= 0.6 is 11.3 Å². The van der Waals surface area contributed by atoms with E-state index in [4.69, 9.17) is 20.2 Å². The number of pyridine rings is 1. The van der Waals surface area contributed by atoms with Crippen LogP contribution in [0.5, 0.6) is 11.5 Å². The molecule has 1 aliphatic rings. The van der Waals surface area contributed by atoms with Gasteiger partial charge < -0.3 is 20.5 Å². The molecular weight excluding hydrogens is 374 g/mol. The number of fused-ring (bicyclic) bond motifs is 3. The Hall–Kier alpha value is -3.32. The molecule has 3 N–H and O–H groups in total. The van der Waals surface area contributed by atoms with E-state index >= 15 is 0 Å². The van der Waals surface area contributed by atoms with Crippen LogP contribution in [0.15, 0.2) is 36.4 Å². The molecule has 0 aliphatic carbocycles. The summed E-state index contributed by atoms with van der Waals surface area (Å²) in [7, 11) is 0. The smallest absolute Gasteiger partial charge is 0.267 e. The van der Waals surface area contributed by atoms with Crippen molar-refractivity contribution in [3.05, 3.63) is 52.4 Å². The van der Waals surface area contributed by atoms with Gasteiger partial charge in [-0.3, -0.25) is 4.79 Å². The second-order valence-electron chi connectivity index (χ2n) is 6.80. The first-order valence-corrected chi connectivity index (χ1v) is 9.63. The molecular formula is C21H17N3O3S. The number of carbonyl (C=O) groups excluding carboxylic acids is 1. The Balaban J connectivity index is 1.56. The fourth-order valence-corrected chi connectivity index (χ4v) is 4.36. The quantitative estimate of drug-likeness (QED) is 0.520. The zero-order chi connectivity index (χ0) is 19.4. The summed E-state index contributed by atoms with van der Waals surface area (Å²) >= 11 is 1.30. The highest BCUT2D eigenvalue weighted by atomic mass is 32.1. The number of ether oxygens (including phenoxy) is 2. The maximum atomic E-state index is 12.9. The highest BCUT2D eigenvalue weighted by Gasteiger charge is 2.20. The number of benzene rings is 2. The number of thiophene rings is 1. The van der Waals surface area contributed by atoms with Crippen LogP contribution in [-0.4, -0.2) is 17.7 Å². The van der Waals surface area contributed by atoms with Crippen LogP contribution < -0.4 is 20.5 Å². The summed E-state index contributed by atoms with van der Waals surface area (Å²) in [4.78, 5) is 18.8. The summed E-state index contributed by atoms with van der Waals surface area (Å²) < 4.78 is 10.7. The van der Waals surface area contributed by atoms with Crippen molar-refractivity contribution < 1.29 is 14.3 Å². The van der Waals surface area contributed by atoms with Crippen molar-refractivity contribution in [2.45, 2.75) is 13.8 Å². The number of carbonyl (C=O) groups is 1. The van der Waals surface area contributed by atoms with E-state index in [1.807, 2.05) is 19.9 Å². The fraction of sp³-hybridized carbons (Fsp3) is 0.143. The van der Waals surface area contributed by atoms with Crippen molar-refractivity contribution >= 4 is 49.7 Å². The molecule has 1 amide bonds. The number of nitrogens with zero attached hydrogens (tertiary/aromatic N) is 1. The first-order valence-electron chi connectivity index (χ1n) is 8.81. The molecule has 7 heteroatoms. The number of nitrogen functional groups attached to an aromatic ring is 1. The van der Waals surface area contributed by atoms with Gasteiger partial charge in [0.25, 0.3) is 5.91 Å². The van der Waals surface area contributed by atoms with E-state index in [9.17, 15) is 4.79 Å². The Kier molecular flexibility index (Phi) is 3.67. The normalized spacial score (nSPS) is 12.6. The molecule has 0 saturated heterocycles. The molecule has 0 saturated carbocycles. The Morgan fingerprint density at radius 3 is 2.71 bits per heavy atom. The van der Waals surface area contributed by atoms with E-state index in [-0.39, 0.29) is 12.7 Å². The van der Waals surface area contributed by atoms with Gasteiger partial charge in [-0.15, -0.1) is 11.3 Å². The number of nitrogens with two attached hydrogens (primary N) is 1. The van der Waals surface area contributed by atoms with Gasteiger partial charge in [-0.1, -0.05) is 12.1 Å². The largest absolute Gasteiger partial charge is 0.454 e. The Morgan fingerprint density at radius 1 is 1.07 bits per heavy atom. The average Bonchev–Trinajstić information content (AvgIpc) is 3.28. The Labute approximate surface area is 164 Å². The minimum atomic E-state index is -0.267. The second-order valence-corrected chi connectivity index (χ2v) is 7.80. The number of amides is 1. The molecule has 3 heterocycles. The summed E-state index contributed by atoms with van der Waals surface area (Å²) in [6.45, 7) is 4.27. The van der Waals surface area contributed by atoms with Gasteiger partial charge in [0.2, 0.25) is 6.79 Å². The molecule has 0 atom stereocenters. The van der Waals surface area contributed by atoms with Crippen LogP contribution in [-0.2, 0) is 0 Å². The molecule has 0 fully saturated rings. The molecule has 0 spiro atoms. The monoisotopic (exact) mass is 391 g/mol. The standard InChI is InChI=1S/C21H17N3O3S/c1-10-3-4-11(2)18-13(10)8-14-17(22)19(28-21(14)24-18)20(25)23-12-5-6-15-16(7-12)27-9-26-15/h3-8H,9,22H2,1-2H3,(H,23,25). The molecule has 6 nitrogen and oxygen atoms in total. The van der Waals surface area contributed by atoms with Crippen LogP contribution in [0, 0.1) is 13.8 Å². The van der Waals surface area contributed by atoms with E-state index in [0.29, 0.717) is 27.8 Å². The van der Waals surface area contributed by atoms with Crippen molar-refractivity contribution in [1.29, 1.82) is 0 Å². The van der Waals surface area contributed by atoms with Crippen molar-refractivity contribution in [3.63, 3.8) is 0 Å². The SMILES string of the molecule is Cc1ccc(C)c2nc3sc(C(=O)Nc4ccc5c(c4)OCO5)c(N)c3cc12. The summed E-state index contributed by atoms with van der Waals surface area (Å²) in [5.74, 6) is 1.01. The zero-order valence-electron chi connectivity index (χ0n) is 15.3. The number of aryl methyl sites for hydroxylation is 2. The average molecular weight is 391 g/mol. The van der Waals surface area contributed by atoms with Crippen molar-refractivity contribution in [3.8, 4) is 11.5 Å². The number of anilines is 2. The minimum absolute atomic E-state index is 0.189. The van der Waals surface area contributed by atoms with E-state index < -0.39 is 0 Å². The maximum absolute atomic E-state index is 12.9. The summed E-state index contributed by atoms with van der Waals surface area (Å²) in [5, 5.41) is 4.74.